The first kappa shape index (κ1) is 13.1. The van der Waals surface area contributed by atoms with E-state index < -0.39 is 0 Å². The van der Waals surface area contributed by atoms with Crippen LogP contribution in [-0.4, -0.2) is 21.5 Å². The van der Waals surface area contributed by atoms with Crippen molar-refractivity contribution in [3.8, 4) is 0 Å². The average molecular weight is 265 g/mol. The van der Waals surface area contributed by atoms with Crippen molar-refractivity contribution in [3.05, 3.63) is 52.8 Å². The molecule has 0 saturated carbocycles. The van der Waals surface area contributed by atoms with Crippen molar-refractivity contribution in [2.45, 2.75) is 18.8 Å². The van der Waals surface area contributed by atoms with Gasteiger partial charge in [0.2, 0.25) is 0 Å². The smallest absolute Gasteiger partial charge is 0.0499 e. The predicted octanol–water partition coefficient (Wildman–Crippen LogP) is 2.78. The molecule has 0 bridgehead atoms. The Bertz CT molecular complexity index is 510. The van der Waals surface area contributed by atoms with Gasteiger partial charge in [0.1, 0.15) is 0 Å². The third-order valence-electron chi connectivity index (χ3n) is 3.21. The van der Waals surface area contributed by atoms with Crippen molar-refractivity contribution in [1.82, 2.24) is 9.78 Å². The van der Waals surface area contributed by atoms with E-state index in [2.05, 4.69) is 5.10 Å². The minimum atomic E-state index is 0.124. The molecular weight excluding hydrogens is 248 g/mol. The molecule has 0 aliphatic rings. The molecule has 1 unspecified atom stereocenters. The lowest BCUT2D eigenvalue weighted by molar-refractivity contribution is 0.259. The standard InChI is InChI=1S/C14H17ClN2O/c1-17-14(7-8-16-17)6-5-12(10-18)11-3-2-4-13(15)9-11/h2-4,7-9,12,18H,5-6,10H2,1H3. The van der Waals surface area contributed by atoms with Crippen LogP contribution in [0.1, 0.15) is 23.6 Å². The number of aliphatic hydroxyl groups excluding tert-OH is 1. The second kappa shape index (κ2) is 6.03. The average Bonchev–Trinajstić information content (AvgIpc) is 2.76. The maximum atomic E-state index is 9.50. The van der Waals surface area contributed by atoms with Gasteiger partial charge in [-0.25, -0.2) is 0 Å². The van der Waals surface area contributed by atoms with E-state index in [4.69, 9.17) is 11.6 Å². The van der Waals surface area contributed by atoms with Crippen LogP contribution in [0.5, 0.6) is 0 Å². The predicted molar refractivity (Wildman–Crippen MR) is 72.8 cm³/mol. The molecule has 0 aliphatic carbocycles. The zero-order chi connectivity index (χ0) is 13.0. The lowest BCUT2D eigenvalue weighted by atomic mass is 9.94. The Morgan fingerprint density at radius 3 is 2.83 bits per heavy atom. The number of aryl methyl sites for hydroxylation is 2. The monoisotopic (exact) mass is 264 g/mol. The Labute approximate surface area is 112 Å². The van der Waals surface area contributed by atoms with E-state index in [1.165, 1.54) is 5.69 Å². The molecular formula is C14H17ClN2O. The van der Waals surface area contributed by atoms with Gasteiger partial charge < -0.3 is 5.11 Å². The van der Waals surface area contributed by atoms with Crippen LogP contribution in [0.2, 0.25) is 5.02 Å². The van der Waals surface area contributed by atoms with Crippen molar-refractivity contribution in [2.24, 2.45) is 7.05 Å². The lowest BCUT2D eigenvalue weighted by Crippen LogP contribution is -2.07. The van der Waals surface area contributed by atoms with Gasteiger partial charge in [0.05, 0.1) is 0 Å². The van der Waals surface area contributed by atoms with Gasteiger partial charge in [-0.1, -0.05) is 23.7 Å². The summed E-state index contributed by atoms with van der Waals surface area (Å²) in [6.45, 7) is 0.137. The van der Waals surface area contributed by atoms with Crippen LogP contribution in [-0.2, 0) is 13.5 Å². The van der Waals surface area contributed by atoms with Crippen molar-refractivity contribution >= 4 is 11.6 Å². The first-order chi connectivity index (χ1) is 8.70. The Morgan fingerprint density at radius 2 is 2.22 bits per heavy atom. The van der Waals surface area contributed by atoms with E-state index in [1.54, 1.807) is 6.20 Å². The van der Waals surface area contributed by atoms with Gasteiger partial charge in [0, 0.05) is 36.5 Å². The summed E-state index contributed by atoms with van der Waals surface area (Å²) in [6, 6.07) is 9.71. The van der Waals surface area contributed by atoms with Crippen LogP contribution in [0.25, 0.3) is 0 Å². The van der Waals surface area contributed by atoms with Crippen LogP contribution >= 0.6 is 11.6 Å². The minimum absolute atomic E-state index is 0.124. The Hall–Kier alpha value is -1.32. The molecule has 18 heavy (non-hydrogen) atoms. The highest BCUT2D eigenvalue weighted by molar-refractivity contribution is 6.30. The molecule has 1 atom stereocenters. The highest BCUT2D eigenvalue weighted by atomic mass is 35.5. The van der Waals surface area contributed by atoms with E-state index in [-0.39, 0.29) is 12.5 Å². The van der Waals surface area contributed by atoms with Gasteiger partial charge in [0.25, 0.3) is 0 Å². The summed E-state index contributed by atoms with van der Waals surface area (Å²) in [4.78, 5) is 0. The van der Waals surface area contributed by atoms with E-state index >= 15 is 0 Å². The van der Waals surface area contributed by atoms with E-state index in [0.29, 0.717) is 5.02 Å². The zero-order valence-corrected chi connectivity index (χ0v) is 11.1. The molecule has 1 N–H and O–H groups in total. The molecule has 0 amide bonds. The molecule has 0 aliphatic heterocycles. The molecule has 1 heterocycles. The second-order valence-corrected chi connectivity index (χ2v) is 4.86. The Kier molecular flexibility index (Phi) is 4.39. The normalized spacial score (nSPS) is 12.6. The fourth-order valence-corrected chi connectivity index (χ4v) is 2.29. The first-order valence-corrected chi connectivity index (χ1v) is 6.41. The number of hydrogen-bond donors (Lipinski definition) is 1. The van der Waals surface area contributed by atoms with Gasteiger partial charge >= 0.3 is 0 Å². The summed E-state index contributed by atoms with van der Waals surface area (Å²) in [5.41, 5.74) is 2.27. The van der Waals surface area contributed by atoms with Crippen LogP contribution in [0.15, 0.2) is 36.5 Å². The number of aliphatic hydroxyl groups is 1. The molecule has 2 aromatic rings. The molecule has 0 radical (unpaired) electrons. The third-order valence-corrected chi connectivity index (χ3v) is 3.45. The minimum Gasteiger partial charge on any atom is -0.396 e. The van der Waals surface area contributed by atoms with Crippen LogP contribution in [0, 0.1) is 0 Å². The maximum Gasteiger partial charge on any atom is 0.0499 e. The zero-order valence-electron chi connectivity index (χ0n) is 10.4. The lowest BCUT2D eigenvalue weighted by Gasteiger charge is -2.14. The van der Waals surface area contributed by atoms with Crippen molar-refractivity contribution in [3.63, 3.8) is 0 Å². The van der Waals surface area contributed by atoms with Gasteiger partial charge in [-0.3, -0.25) is 4.68 Å². The number of halogens is 1. The fourth-order valence-electron chi connectivity index (χ4n) is 2.09. The summed E-state index contributed by atoms with van der Waals surface area (Å²) >= 11 is 5.98. The van der Waals surface area contributed by atoms with Crippen molar-refractivity contribution < 1.29 is 5.11 Å². The van der Waals surface area contributed by atoms with Gasteiger partial charge in [-0.05, 0) is 36.6 Å². The molecule has 2 rings (SSSR count). The molecule has 0 saturated heterocycles. The molecule has 4 heteroatoms. The molecule has 3 nitrogen and oxygen atoms in total. The topological polar surface area (TPSA) is 38.0 Å². The number of rotatable bonds is 5. The highest BCUT2D eigenvalue weighted by Crippen LogP contribution is 2.23. The maximum absolute atomic E-state index is 9.50. The van der Waals surface area contributed by atoms with E-state index in [1.807, 2.05) is 42.1 Å². The van der Waals surface area contributed by atoms with Crippen LogP contribution in [0.3, 0.4) is 0 Å². The highest BCUT2D eigenvalue weighted by Gasteiger charge is 2.12. The second-order valence-electron chi connectivity index (χ2n) is 4.42. The first-order valence-electron chi connectivity index (χ1n) is 6.04. The number of hydrogen-bond acceptors (Lipinski definition) is 2. The van der Waals surface area contributed by atoms with Gasteiger partial charge in [-0.2, -0.15) is 5.10 Å². The quantitative estimate of drug-likeness (QED) is 0.902. The summed E-state index contributed by atoms with van der Waals surface area (Å²) in [5.74, 6) is 0.124. The molecule has 1 aromatic carbocycles. The molecule has 0 spiro atoms. The number of nitrogens with zero attached hydrogens (tertiary/aromatic N) is 2. The third kappa shape index (κ3) is 3.12. The SMILES string of the molecule is Cn1nccc1CCC(CO)c1cccc(Cl)c1. The van der Waals surface area contributed by atoms with Gasteiger partial charge in [0.15, 0.2) is 0 Å². The van der Waals surface area contributed by atoms with Crippen LogP contribution in [0.4, 0.5) is 0 Å². The van der Waals surface area contributed by atoms with Gasteiger partial charge in [-0.15, -0.1) is 0 Å². The fraction of sp³-hybridized carbons (Fsp3) is 0.357. The number of benzene rings is 1. The van der Waals surface area contributed by atoms with Crippen molar-refractivity contribution in [2.75, 3.05) is 6.61 Å². The summed E-state index contributed by atoms with van der Waals surface area (Å²) in [7, 11) is 1.93. The van der Waals surface area contributed by atoms with E-state index in [0.717, 1.165) is 18.4 Å². The summed E-state index contributed by atoms with van der Waals surface area (Å²) < 4.78 is 1.87. The molecule has 0 fully saturated rings. The number of aromatic nitrogens is 2. The van der Waals surface area contributed by atoms with E-state index in [9.17, 15) is 5.11 Å². The Balaban J connectivity index is 2.04. The van der Waals surface area contributed by atoms with Crippen LogP contribution < -0.4 is 0 Å². The summed E-state index contributed by atoms with van der Waals surface area (Å²) in [5, 5.41) is 14.4. The van der Waals surface area contributed by atoms with Crippen molar-refractivity contribution in [1.29, 1.82) is 0 Å². The molecule has 1 aromatic heterocycles. The largest absolute Gasteiger partial charge is 0.396 e. The molecule has 96 valence electrons. The summed E-state index contributed by atoms with van der Waals surface area (Å²) in [6.07, 6.45) is 3.58. The Morgan fingerprint density at radius 1 is 1.39 bits per heavy atom.